The molecule has 1 atom stereocenters. The highest BCUT2D eigenvalue weighted by atomic mass is 79.9. The molecule has 0 amide bonds. The average Bonchev–Trinajstić information content (AvgIpc) is 3.14. The third kappa shape index (κ3) is 2.94. The summed E-state index contributed by atoms with van der Waals surface area (Å²) in [5.74, 6) is 0.820. The van der Waals surface area contributed by atoms with Crippen LogP contribution in [0.5, 0.6) is 0 Å². The zero-order valence-electron chi connectivity index (χ0n) is 12.9. The molecule has 2 aromatic heterocycles. The van der Waals surface area contributed by atoms with Gasteiger partial charge in [-0.1, -0.05) is 6.92 Å². The maximum atomic E-state index is 4.57. The minimum Gasteiger partial charge on any atom is -0.348 e. The first kappa shape index (κ1) is 14.9. The Bertz CT molecular complexity index is 624. The van der Waals surface area contributed by atoms with Crippen LogP contribution in [0.1, 0.15) is 42.8 Å². The molecule has 21 heavy (non-hydrogen) atoms. The highest BCUT2D eigenvalue weighted by molar-refractivity contribution is 9.10. The molecular weight excluding hydrogens is 328 g/mol. The molecule has 1 aliphatic carbocycles. The number of nitrogens with one attached hydrogen (secondary N) is 1. The third-order valence-corrected chi connectivity index (χ3v) is 5.29. The predicted octanol–water partition coefficient (Wildman–Crippen LogP) is 3.27. The SMILES string of the molecule is CCc1nn(C)c(Cn2ccc(C(NC)C3CC3)c2)c1Br. The smallest absolute Gasteiger partial charge is 0.0767 e. The standard InChI is InChI=1S/C16H23BrN4/c1-4-13-15(17)14(20(3)19-13)10-21-8-7-12(9-21)16(18-2)11-5-6-11/h7-9,11,16,18H,4-6,10H2,1-3H3. The second-order valence-electron chi connectivity index (χ2n) is 5.91. The molecule has 5 heteroatoms. The zero-order valence-corrected chi connectivity index (χ0v) is 14.5. The number of hydrogen-bond donors (Lipinski definition) is 1. The first-order chi connectivity index (χ1) is 10.1. The summed E-state index contributed by atoms with van der Waals surface area (Å²) < 4.78 is 5.39. The largest absolute Gasteiger partial charge is 0.348 e. The van der Waals surface area contributed by atoms with Gasteiger partial charge in [0.1, 0.15) is 0 Å². The molecule has 0 saturated heterocycles. The first-order valence-corrected chi connectivity index (χ1v) is 8.46. The molecule has 114 valence electrons. The topological polar surface area (TPSA) is 34.8 Å². The lowest BCUT2D eigenvalue weighted by Crippen LogP contribution is -2.17. The first-order valence-electron chi connectivity index (χ1n) is 7.67. The molecule has 1 N–H and O–H groups in total. The van der Waals surface area contributed by atoms with E-state index in [2.05, 4.69) is 63.3 Å². The number of halogens is 1. The van der Waals surface area contributed by atoms with Gasteiger partial charge in [0.2, 0.25) is 0 Å². The van der Waals surface area contributed by atoms with Gasteiger partial charge in [-0.05, 0) is 59.8 Å². The van der Waals surface area contributed by atoms with Crippen molar-refractivity contribution in [2.75, 3.05) is 7.05 Å². The van der Waals surface area contributed by atoms with Crippen LogP contribution in [-0.2, 0) is 20.0 Å². The van der Waals surface area contributed by atoms with Crippen molar-refractivity contribution in [3.8, 4) is 0 Å². The Kier molecular flexibility index (Phi) is 4.22. The molecule has 1 saturated carbocycles. The molecule has 4 nitrogen and oxygen atoms in total. The van der Waals surface area contributed by atoms with Crippen molar-refractivity contribution in [3.05, 3.63) is 39.9 Å². The van der Waals surface area contributed by atoms with Gasteiger partial charge in [-0.25, -0.2) is 0 Å². The second-order valence-corrected chi connectivity index (χ2v) is 6.70. The summed E-state index contributed by atoms with van der Waals surface area (Å²) in [6, 6.07) is 2.75. The Labute approximate surface area is 134 Å². The molecule has 0 aromatic carbocycles. The molecule has 1 aliphatic rings. The Morgan fingerprint density at radius 1 is 1.48 bits per heavy atom. The Balaban J connectivity index is 1.79. The van der Waals surface area contributed by atoms with Crippen molar-refractivity contribution in [2.24, 2.45) is 13.0 Å². The summed E-state index contributed by atoms with van der Waals surface area (Å²) in [5, 5.41) is 8.02. The van der Waals surface area contributed by atoms with E-state index in [1.54, 1.807) is 0 Å². The number of rotatable bonds is 6. The summed E-state index contributed by atoms with van der Waals surface area (Å²) in [5.41, 5.74) is 3.75. The maximum absolute atomic E-state index is 4.57. The molecule has 0 spiro atoms. The van der Waals surface area contributed by atoms with Crippen LogP contribution in [0.15, 0.2) is 22.9 Å². The quantitative estimate of drug-likeness (QED) is 0.867. The van der Waals surface area contributed by atoms with E-state index in [9.17, 15) is 0 Å². The Hall–Kier alpha value is -1.07. The van der Waals surface area contributed by atoms with Crippen LogP contribution in [0.25, 0.3) is 0 Å². The van der Waals surface area contributed by atoms with E-state index < -0.39 is 0 Å². The lowest BCUT2D eigenvalue weighted by molar-refractivity contribution is 0.527. The van der Waals surface area contributed by atoms with E-state index in [1.807, 2.05) is 11.7 Å². The van der Waals surface area contributed by atoms with Crippen molar-refractivity contribution in [3.63, 3.8) is 0 Å². The van der Waals surface area contributed by atoms with E-state index in [0.717, 1.165) is 29.1 Å². The van der Waals surface area contributed by atoms with Crippen LogP contribution in [0.3, 0.4) is 0 Å². The van der Waals surface area contributed by atoms with Crippen LogP contribution < -0.4 is 5.32 Å². The van der Waals surface area contributed by atoms with E-state index in [-0.39, 0.29) is 0 Å². The van der Waals surface area contributed by atoms with Crippen LogP contribution in [0, 0.1) is 5.92 Å². The lowest BCUT2D eigenvalue weighted by Gasteiger charge is -2.13. The molecule has 1 fully saturated rings. The molecular formula is C16H23BrN4. The third-order valence-electron chi connectivity index (χ3n) is 4.37. The number of aromatic nitrogens is 3. The monoisotopic (exact) mass is 350 g/mol. The van der Waals surface area contributed by atoms with Gasteiger partial charge in [-0.2, -0.15) is 5.10 Å². The molecule has 0 radical (unpaired) electrons. The van der Waals surface area contributed by atoms with Gasteiger partial charge in [0.15, 0.2) is 0 Å². The zero-order chi connectivity index (χ0) is 15.0. The minimum atomic E-state index is 0.507. The van der Waals surface area contributed by atoms with Gasteiger partial charge in [0.05, 0.1) is 22.4 Å². The molecule has 2 aromatic rings. The lowest BCUT2D eigenvalue weighted by atomic mass is 10.1. The van der Waals surface area contributed by atoms with Crippen molar-refractivity contribution in [2.45, 2.75) is 38.8 Å². The highest BCUT2D eigenvalue weighted by Gasteiger charge is 2.31. The summed E-state index contributed by atoms with van der Waals surface area (Å²) >= 11 is 3.69. The molecule has 0 bridgehead atoms. The highest BCUT2D eigenvalue weighted by Crippen LogP contribution is 2.40. The fourth-order valence-electron chi connectivity index (χ4n) is 3.01. The summed E-state index contributed by atoms with van der Waals surface area (Å²) in [4.78, 5) is 0. The van der Waals surface area contributed by atoms with Crippen molar-refractivity contribution >= 4 is 15.9 Å². The van der Waals surface area contributed by atoms with Gasteiger partial charge in [0.25, 0.3) is 0 Å². The van der Waals surface area contributed by atoms with Gasteiger partial charge < -0.3 is 9.88 Å². The molecule has 1 unspecified atom stereocenters. The normalized spacial score (nSPS) is 16.4. The summed E-state index contributed by atoms with van der Waals surface area (Å²) in [6.07, 6.45) is 8.10. The van der Waals surface area contributed by atoms with Gasteiger partial charge in [-0.15, -0.1) is 0 Å². The second kappa shape index (κ2) is 5.97. The van der Waals surface area contributed by atoms with Gasteiger partial charge >= 0.3 is 0 Å². The fraction of sp³-hybridized carbons (Fsp3) is 0.562. The van der Waals surface area contributed by atoms with Crippen LogP contribution >= 0.6 is 15.9 Å². The van der Waals surface area contributed by atoms with E-state index in [4.69, 9.17) is 0 Å². The van der Waals surface area contributed by atoms with Crippen LogP contribution in [0.2, 0.25) is 0 Å². The van der Waals surface area contributed by atoms with Gasteiger partial charge in [-0.3, -0.25) is 4.68 Å². The van der Waals surface area contributed by atoms with Crippen LogP contribution in [-0.4, -0.2) is 21.4 Å². The van der Waals surface area contributed by atoms with E-state index in [1.165, 1.54) is 24.1 Å². The van der Waals surface area contributed by atoms with E-state index in [0.29, 0.717) is 6.04 Å². The van der Waals surface area contributed by atoms with Gasteiger partial charge in [0, 0.05) is 25.5 Å². The maximum Gasteiger partial charge on any atom is 0.0767 e. The fourth-order valence-corrected chi connectivity index (χ4v) is 3.75. The molecule has 3 rings (SSSR count). The Morgan fingerprint density at radius 2 is 2.24 bits per heavy atom. The minimum absolute atomic E-state index is 0.507. The Morgan fingerprint density at radius 3 is 2.81 bits per heavy atom. The molecule has 0 aliphatic heterocycles. The average molecular weight is 351 g/mol. The molecule has 2 heterocycles. The number of aryl methyl sites for hydroxylation is 2. The number of nitrogens with zero attached hydrogens (tertiary/aromatic N) is 3. The summed E-state index contributed by atoms with van der Waals surface area (Å²) in [6.45, 7) is 2.99. The van der Waals surface area contributed by atoms with Crippen LogP contribution in [0.4, 0.5) is 0 Å². The van der Waals surface area contributed by atoms with Crippen molar-refractivity contribution in [1.29, 1.82) is 0 Å². The van der Waals surface area contributed by atoms with E-state index >= 15 is 0 Å². The number of hydrogen-bond acceptors (Lipinski definition) is 2. The predicted molar refractivity (Wildman–Crippen MR) is 88.3 cm³/mol. The van der Waals surface area contributed by atoms with Crippen molar-refractivity contribution < 1.29 is 0 Å². The van der Waals surface area contributed by atoms with Crippen molar-refractivity contribution in [1.82, 2.24) is 19.7 Å². The summed E-state index contributed by atoms with van der Waals surface area (Å²) in [7, 11) is 4.08.